The molecule has 3 rings (SSSR count). The summed E-state index contributed by atoms with van der Waals surface area (Å²) in [4.78, 5) is 28.2. The number of nitrogens with one attached hydrogen (secondary N) is 1. The number of anilines is 1. The molecular weight excluding hydrogens is 581 g/mol. The average molecular weight is 611 g/mol. The Morgan fingerprint density at radius 2 is 1.59 bits per heavy atom. The number of rotatable bonds is 12. The summed E-state index contributed by atoms with van der Waals surface area (Å²) in [6.45, 7) is 3.44. The second-order valence-corrected chi connectivity index (χ2v) is 12.0. The summed E-state index contributed by atoms with van der Waals surface area (Å²) in [5.74, 6) is -0.968. The number of hydrogen-bond donors (Lipinski definition) is 1. The van der Waals surface area contributed by atoms with Crippen molar-refractivity contribution in [3.8, 4) is 0 Å². The molecule has 1 unspecified atom stereocenters. The first-order chi connectivity index (χ1) is 18.6. The van der Waals surface area contributed by atoms with Crippen molar-refractivity contribution in [3.63, 3.8) is 0 Å². The molecule has 2 amide bonds. The molecule has 0 heterocycles. The molecule has 0 saturated carbocycles. The topological polar surface area (TPSA) is 86.8 Å². The van der Waals surface area contributed by atoms with Gasteiger partial charge in [-0.15, -0.1) is 0 Å². The fourth-order valence-corrected chi connectivity index (χ4v) is 6.06. The smallest absolute Gasteiger partial charge is 0.264 e. The van der Waals surface area contributed by atoms with Gasteiger partial charge in [-0.1, -0.05) is 84.5 Å². The third kappa shape index (κ3) is 7.88. The van der Waals surface area contributed by atoms with Crippen LogP contribution in [0.3, 0.4) is 0 Å². The van der Waals surface area contributed by atoms with E-state index in [0.717, 1.165) is 17.1 Å². The Hall–Kier alpha value is -2.78. The van der Waals surface area contributed by atoms with Crippen LogP contribution in [0.25, 0.3) is 0 Å². The van der Waals surface area contributed by atoms with E-state index in [9.17, 15) is 18.0 Å². The highest BCUT2D eigenvalue weighted by molar-refractivity contribution is 7.92. The van der Waals surface area contributed by atoms with Crippen molar-refractivity contribution in [1.29, 1.82) is 0 Å². The summed E-state index contributed by atoms with van der Waals surface area (Å²) < 4.78 is 28.5. The molecule has 3 aromatic carbocycles. The molecule has 0 aliphatic rings. The number of halogens is 3. The Bertz CT molecular complexity index is 1400. The zero-order chi connectivity index (χ0) is 28.6. The monoisotopic (exact) mass is 609 g/mol. The van der Waals surface area contributed by atoms with Gasteiger partial charge in [0.25, 0.3) is 10.0 Å². The van der Waals surface area contributed by atoms with Crippen LogP contribution in [0.15, 0.2) is 77.7 Å². The maximum atomic E-state index is 13.9. The number of carbonyl (C=O) groups is 2. The summed E-state index contributed by atoms with van der Waals surface area (Å²) in [6, 6.07) is 18.1. The fourth-order valence-electron chi connectivity index (χ4n) is 3.85. The number of carbonyl (C=O) groups excluding carboxylic acids is 2. The van der Waals surface area contributed by atoms with E-state index in [-0.39, 0.29) is 28.1 Å². The number of nitrogens with zero attached hydrogens (tertiary/aromatic N) is 2. The fraction of sp³-hybridized carbons (Fsp3) is 0.286. The number of amides is 2. The minimum Gasteiger partial charge on any atom is -0.354 e. The lowest BCUT2D eigenvalue weighted by molar-refractivity contribution is -0.139. The lowest BCUT2D eigenvalue weighted by Crippen LogP contribution is -2.51. The van der Waals surface area contributed by atoms with Gasteiger partial charge in [0, 0.05) is 23.1 Å². The van der Waals surface area contributed by atoms with Crippen LogP contribution in [0.2, 0.25) is 15.1 Å². The van der Waals surface area contributed by atoms with Crippen molar-refractivity contribution >= 4 is 62.3 Å². The summed E-state index contributed by atoms with van der Waals surface area (Å²) in [6.07, 6.45) is 1.68. The highest BCUT2D eigenvalue weighted by atomic mass is 35.5. The van der Waals surface area contributed by atoms with Crippen LogP contribution in [-0.4, -0.2) is 44.3 Å². The first kappa shape index (κ1) is 30.8. The van der Waals surface area contributed by atoms with Crippen molar-refractivity contribution in [2.75, 3.05) is 17.4 Å². The third-order valence-corrected chi connectivity index (χ3v) is 8.76. The van der Waals surface area contributed by atoms with Crippen molar-refractivity contribution < 1.29 is 18.0 Å². The van der Waals surface area contributed by atoms with Crippen molar-refractivity contribution in [2.24, 2.45) is 0 Å². The molecule has 0 saturated heterocycles. The second-order valence-electron chi connectivity index (χ2n) is 8.85. The minimum absolute atomic E-state index is 0.00551. The van der Waals surface area contributed by atoms with E-state index in [1.54, 1.807) is 49.4 Å². The predicted octanol–water partition coefficient (Wildman–Crippen LogP) is 6.18. The molecule has 0 radical (unpaired) electrons. The quantitative estimate of drug-likeness (QED) is 0.248. The van der Waals surface area contributed by atoms with Crippen LogP contribution in [0.1, 0.15) is 32.3 Å². The molecule has 11 heteroatoms. The van der Waals surface area contributed by atoms with Crippen molar-refractivity contribution in [3.05, 3.63) is 93.4 Å². The van der Waals surface area contributed by atoms with E-state index in [0.29, 0.717) is 22.2 Å². The molecular formula is C28H30Cl3N3O4S. The maximum absolute atomic E-state index is 13.9. The van der Waals surface area contributed by atoms with Gasteiger partial charge in [-0.3, -0.25) is 13.9 Å². The van der Waals surface area contributed by atoms with E-state index in [1.807, 2.05) is 6.92 Å². The first-order valence-electron chi connectivity index (χ1n) is 12.4. The van der Waals surface area contributed by atoms with Gasteiger partial charge in [-0.2, -0.15) is 0 Å². The molecule has 208 valence electrons. The molecule has 0 fully saturated rings. The van der Waals surface area contributed by atoms with E-state index in [2.05, 4.69) is 5.32 Å². The second kappa shape index (κ2) is 14.0. The maximum Gasteiger partial charge on any atom is 0.264 e. The van der Waals surface area contributed by atoms with Crippen molar-refractivity contribution in [1.82, 2.24) is 10.2 Å². The van der Waals surface area contributed by atoms with Crippen LogP contribution in [0.5, 0.6) is 0 Å². The van der Waals surface area contributed by atoms with Crippen LogP contribution < -0.4 is 9.62 Å². The molecule has 0 aliphatic heterocycles. The highest BCUT2D eigenvalue weighted by Gasteiger charge is 2.33. The number of benzene rings is 3. The van der Waals surface area contributed by atoms with Gasteiger partial charge < -0.3 is 10.2 Å². The normalized spacial score (nSPS) is 12.0. The van der Waals surface area contributed by atoms with Crippen LogP contribution in [-0.2, 0) is 26.2 Å². The molecule has 7 nitrogen and oxygen atoms in total. The zero-order valence-corrected chi connectivity index (χ0v) is 24.7. The number of sulfonamides is 1. The lowest BCUT2D eigenvalue weighted by Gasteiger charge is -2.32. The third-order valence-electron chi connectivity index (χ3n) is 6.08. The molecule has 3 aromatic rings. The minimum atomic E-state index is -4.23. The van der Waals surface area contributed by atoms with Gasteiger partial charge in [0.1, 0.15) is 12.6 Å². The standard InChI is InChI=1S/C28H30Cl3N3O4S/c1-3-4-16-32-28(36)20(2)33(18-21-10-8-9-13-24(21)30)27(35)19-34(26-15-14-22(29)17-25(26)31)39(37,38)23-11-6-5-7-12-23/h5-15,17,20H,3-4,16,18-19H2,1-2H3,(H,32,36). The van der Waals surface area contributed by atoms with E-state index in [4.69, 9.17) is 34.8 Å². The molecule has 0 spiro atoms. The number of unbranched alkanes of at least 4 members (excludes halogenated alkanes) is 1. The van der Waals surface area contributed by atoms with Crippen LogP contribution >= 0.6 is 34.8 Å². The first-order valence-corrected chi connectivity index (χ1v) is 15.0. The Morgan fingerprint density at radius 1 is 0.923 bits per heavy atom. The van der Waals surface area contributed by atoms with E-state index in [1.165, 1.54) is 35.2 Å². The summed E-state index contributed by atoms with van der Waals surface area (Å²) in [7, 11) is -4.23. The summed E-state index contributed by atoms with van der Waals surface area (Å²) in [5.41, 5.74) is 0.693. The van der Waals surface area contributed by atoms with Crippen molar-refractivity contribution in [2.45, 2.75) is 44.2 Å². The number of hydrogen-bond acceptors (Lipinski definition) is 4. The Kier molecular flexibility index (Phi) is 11.1. The average Bonchev–Trinajstić information content (AvgIpc) is 2.91. The molecule has 1 N–H and O–H groups in total. The predicted molar refractivity (Wildman–Crippen MR) is 157 cm³/mol. The zero-order valence-electron chi connectivity index (χ0n) is 21.6. The summed E-state index contributed by atoms with van der Waals surface area (Å²) in [5, 5.41) is 3.63. The van der Waals surface area contributed by atoms with Gasteiger partial charge >= 0.3 is 0 Å². The Labute approximate surface area is 244 Å². The molecule has 0 aromatic heterocycles. The highest BCUT2D eigenvalue weighted by Crippen LogP contribution is 2.33. The molecule has 0 aliphatic carbocycles. The van der Waals surface area contributed by atoms with Gasteiger partial charge in [-0.05, 0) is 55.3 Å². The molecule has 39 heavy (non-hydrogen) atoms. The SMILES string of the molecule is CCCCNC(=O)C(C)N(Cc1ccccc1Cl)C(=O)CN(c1ccc(Cl)cc1Cl)S(=O)(=O)c1ccccc1. The molecule has 1 atom stereocenters. The molecule has 0 bridgehead atoms. The van der Waals surface area contributed by atoms with Gasteiger partial charge in [0.05, 0.1) is 15.6 Å². The van der Waals surface area contributed by atoms with Gasteiger partial charge in [0.2, 0.25) is 11.8 Å². The Morgan fingerprint density at radius 3 is 2.23 bits per heavy atom. The van der Waals surface area contributed by atoms with E-state index < -0.39 is 28.5 Å². The van der Waals surface area contributed by atoms with Gasteiger partial charge in [-0.25, -0.2) is 8.42 Å². The summed E-state index contributed by atoms with van der Waals surface area (Å²) >= 11 is 18.9. The van der Waals surface area contributed by atoms with Gasteiger partial charge in [0.15, 0.2) is 0 Å². The Balaban J connectivity index is 2.03. The van der Waals surface area contributed by atoms with Crippen LogP contribution in [0, 0.1) is 0 Å². The largest absolute Gasteiger partial charge is 0.354 e. The van der Waals surface area contributed by atoms with E-state index >= 15 is 0 Å². The van der Waals surface area contributed by atoms with Crippen LogP contribution in [0.4, 0.5) is 5.69 Å². The lowest BCUT2D eigenvalue weighted by atomic mass is 10.1.